The van der Waals surface area contributed by atoms with Crippen LogP contribution in [0.5, 0.6) is 0 Å². The SMILES string of the molecule is C\C=C(/N=C(\C=C(/C)c1ccccc1)c1ccccc1)n1c2ccccc2c2c(-c3ccc4c(c3)c3ccccc3n4-c3ccc4oc5ccccc5c4c3)cccc21. The quantitative estimate of drug-likeness (QED) is 0.149. The van der Waals surface area contributed by atoms with Gasteiger partial charge in [0.25, 0.3) is 0 Å². The van der Waals surface area contributed by atoms with Crippen molar-refractivity contribution in [2.45, 2.75) is 13.8 Å². The van der Waals surface area contributed by atoms with Crippen molar-refractivity contribution >= 4 is 82.7 Å². The van der Waals surface area contributed by atoms with E-state index in [-0.39, 0.29) is 0 Å². The first-order valence-electron chi connectivity index (χ1n) is 20.2. The maximum Gasteiger partial charge on any atom is 0.135 e. The first-order chi connectivity index (χ1) is 29.1. The summed E-state index contributed by atoms with van der Waals surface area (Å²) in [4.78, 5) is 5.47. The van der Waals surface area contributed by atoms with Gasteiger partial charge in [0, 0.05) is 43.6 Å². The molecular formula is C55H39N3O. The van der Waals surface area contributed by atoms with Crippen LogP contribution in [-0.4, -0.2) is 14.8 Å². The molecule has 4 heteroatoms. The fourth-order valence-electron chi connectivity index (χ4n) is 8.92. The topological polar surface area (TPSA) is 35.4 Å². The maximum atomic E-state index is 6.20. The largest absolute Gasteiger partial charge is 0.456 e. The summed E-state index contributed by atoms with van der Waals surface area (Å²) in [6, 6.07) is 66.8. The maximum absolute atomic E-state index is 6.20. The summed E-state index contributed by atoms with van der Waals surface area (Å²) in [6.07, 6.45) is 4.33. The van der Waals surface area contributed by atoms with Crippen molar-refractivity contribution < 1.29 is 4.42 Å². The molecule has 0 saturated carbocycles. The predicted molar refractivity (Wildman–Crippen MR) is 250 cm³/mol. The lowest BCUT2D eigenvalue weighted by atomic mass is 9.98. The van der Waals surface area contributed by atoms with Gasteiger partial charge in [-0.05, 0) is 103 Å². The number of aliphatic imine (C=N–C) groups is 1. The molecule has 0 aliphatic heterocycles. The van der Waals surface area contributed by atoms with Crippen LogP contribution in [0.4, 0.5) is 0 Å². The van der Waals surface area contributed by atoms with Gasteiger partial charge in [0.1, 0.15) is 17.0 Å². The van der Waals surface area contributed by atoms with Crippen LogP contribution < -0.4 is 0 Å². The molecule has 0 fully saturated rings. The van der Waals surface area contributed by atoms with Crippen LogP contribution in [0.2, 0.25) is 0 Å². The highest BCUT2D eigenvalue weighted by Crippen LogP contribution is 2.42. The molecule has 11 rings (SSSR count). The molecule has 0 bridgehead atoms. The second kappa shape index (κ2) is 14.0. The summed E-state index contributed by atoms with van der Waals surface area (Å²) in [6.45, 7) is 4.24. The third-order valence-electron chi connectivity index (χ3n) is 11.7. The number of hydrogen-bond donors (Lipinski definition) is 0. The van der Waals surface area contributed by atoms with Crippen LogP contribution in [0.15, 0.2) is 210 Å². The van der Waals surface area contributed by atoms with Gasteiger partial charge in [-0.2, -0.15) is 0 Å². The smallest absolute Gasteiger partial charge is 0.135 e. The zero-order valence-electron chi connectivity index (χ0n) is 32.8. The number of para-hydroxylation sites is 3. The van der Waals surface area contributed by atoms with E-state index >= 15 is 0 Å². The van der Waals surface area contributed by atoms with E-state index in [1.165, 1.54) is 43.8 Å². The lowest BCUT2D eigenvalue weighted by Gasteiger charge is -2.12. The molecule has 4 nitrogen and oxygen atoms in total. The molecule has 0 amide bonds. The number of aromatic nitrogens is 2. The number of benzene rings is 8. The molecule has 8 aromatic carbocycles. The second-order valence-electron chi connectivity index (χ2n) is 15.1. The number of nitrogens with zero attached hydrogens (tertiary/aromatic N) is 3. The van der Waals surface area contributed by atoms with E-state index in [0.29, 0.717) is 0 Å². The van der Waals surface area contributed by atoms with E-state index < -0.39 is 0 Å². The Morgan fingerprint density at radius 1 is 0.508 bits per heavy atom. The minimum Gasteiger partial charge on any atom is -0.456 e. The normalized spacial score (nSPS) is 12.9. The van der Waals surface area contributed by atoms with Gasteiger partial charge in [-0.1, -0.05) is 133 Å². The van der Waals surface area contributed by atoms with E-state index in [1.807, 2.05) is 12.1 Å². The highest BCUT2D eigenvalue weighted by atomic mass is 16.3. The van der Waals surface area contributed by atoms with Crippen LogP contribution in [0.1, 0.15) is 25.0 Å². The molecule has 11 aromatic rings. The summed E-state index contributed by atoms with van der Waals surface area (Å²) in [5, 5.41) is 7.06. The van der Waals surface area contributed by atoms with Gasteiger partial charge in [-0.3, -0.25) is 4.57 Å². The van der Waals surface area contributed by atoms with Crippen molar-refractivity contribution in [3.63, 3.8) is 0 Å². The Hall–Kier alpha value is -7.69. The fraction of sp³-hybridized carbons (Fsp3) is 0.0364. The molecule has 0 spiro atoms. The van der Waals surface area contributed by atoms with E-state index in [0.717, 1.165) is 66.8 Å². The lowest BCUT2D eigenvalue weighted by molar-refractivity contribution is 0.669. The Morgan fingerprint density at radius 2 is 1.15 bits per heavy atom. The Morgan fingerprint density at radius 3 is 1.95 bits per heavy atom. The van der Waals surface area contributed by atoms with Crippen LogP contribution in [0, 0.1) is 0 Å². The van der Waals surface area contributed by atoms with Gasteiger partial charge >= 0.3 is 0 Å². The van der Waals surface area contributed by atoms with Crippen molar-refractivity contribution in [1.29, 1.82) is 0 Å². The lowest BCUT2D eigenvalue weighted by Crippen LogP contribution is -2.02. The molecule has 0 aliphatic carbocycles. The predicted octanol–water partition coefficient (Wildman–Crippen LogP) is 14.9. The van der Waals surface area contributed by atoms with E-state index in [1.54, 1.807) is 0 Å². The summed E-state index contributed by atoms with van der Waals surface area (Å²) < 4.78 is 10.9. The number of allylic oxidation sites excluding steroid dienone is 3. The van der Waals surface area contributed by atoms with Crippen LogP contribution in [-0.2, 0) is 0 Å². The minimum atomic E-state index is 0.866. The van der Waals surface area contributed by atoms with Gasteiger partial charge in [-0.15, -0.1) is 0 Å². The highest BCUT2D eigenvalue weighted by molar-refractivity contribution is 6.19. The molecule has 0 saturated heterocycles. The van der Waals surface area contributed by atoms with Crippen molar-refractivity contribution in [2.75, 3.05) is 0 Å². The summed E-state index contributed by atoms with van der Waals surface area (Å²) in [7, 11) is 0. The first-order valence-corrected chi connectivity index (χ1v) is 20.2. The van der Waals surface area contributed by atoms with E-state index in [9.17, 15) is 0 Å². The molecule has 0 radical (unpaired) electrons. The molecular weight excluding hydrogens is 719 g/mol. The number of rotatable bonds is 7. The second-order valence-corrected chi connectivity index (χ2v) is 15.1. The zero-order valence-corrected chi connectivity index (χ0v) is 32.8. The van der Waals surface area contributed by atoms with Crippen molar-refractivity contribution in [1.82, 2.24) is 9.13 Å². The Kier molecular flexibility index (Phi) is 8.23. The third kappa shape index (κ3) is 5.72. The van der Waals surface area contributed by atoms with Crippen LogP contribution >= 0.6 is 0 Å². The van der Waals surface area contributed by atoms with Crippen molar-refractivity contribution in [2.24, 2.45) is 4.99 Å². The Bertz CT molecular complexity index is 3500. The van der Waals surface area contributed by atoms with Gasteiger partial charge in [0.2, 0.25) is 0 Å². The average Bonchev–Trinajstić information content (AvgIpc) is 3.95. The molecule has 0 unspecified atom stereocenters. The fourth-order valence-corrected chi connectivity index (χ4v) is 8.92. The summed E-state index contributed by atoms with van der Waals surface area (Å²) >= 11 is 0. The molecule has 280 valence electrons. The molecule has 3 aromatic heterocycles. The van der Waals surface area contributed by atoms with Gasteiger partial charge in [-0.25, -0.2) is 4.99 Å². The highest BCUT2D eigenvalue weighted by Gasteiger charge is 2.20. The molecule has 0 aliphatic rings. The van der Waals surface area contributed by atoms with E-state index in [2.05, 4.69) is 211 Å². The third-order valence-corrected chi connectivity index (χ3v) is 11.7. The number of hydrogen-bond acceptors (Lipinski definition) is 2. The summed E-state index contributed by atoms with van der Waals surface area (Å²) in [5.74, 6) is 0.866. The minimum absolute atomic E-state index is 0.866. The Labute approximate surface area is 341 Å². The Balaban J connectivity index is 1.09. The zero-order chi connectivity index (χ0) is 39.5. The van der Waals surface area contributed by atoms with E-state index in [4.69, 9.17) is 9.41 Å². The van der Waals surface area contributed by atoms with Gasteiger partial charge in [0.15, 0.2) is 0 Å². The summed E-state index contributed by atoms with van der Waals surface area (Å²) in [5.41, 5.74) is 14.1. The number of fused-ring (bicyclic) bond motifs is 9. The number of furan rings is 1. The molecule has 0 N–H and O–H groups in total. The van der Waals surface area contributed by atoms with Crippen molar-refractivity contribution in [3.8, 4) is 16.8 Å². The van der Waals surface area contributed by atoms with Gasteiger partial charge < -0.3 is 8.98 Å². The van der Waals surface area contributed by atoms with Crippen LogP contribution in [0.25, 0.3) is 93.8 Å². The van der Waals surface area contributed by atoms with Gasteiger partial charge in [0.05, 0.1) is 27.8 Å². The molecule has 59 heavy (non-hydrogen) atoms. The van der Waals surface area contributed by atoms with Crippen molar-refractivity contribution in [3.05, 3.63) is 211 Å². The average molecular weight is 758 g/mol. The standard InChI is InChI=1S/C55H39N3O/c1-3-54(56-47(38-19-8-5-9-20-38)33-36(2)37-17-6-4-7-18-37)58-49-26-14-11-23-44(49)55-41(24-16-27-51(55)58)39-29-31-50-45(34-39)42-21-10-13-25-48(42)57(50)40-30-32-53-46(35-40)43-22-12-15-28-52(43)59-53/h3-35H,1-2H3/b36-33+,54-3+,56-47+. The first kappa shape index (κ1) is 34.5. The monoisotopic (exact) mass is 757 g/mol. The van der Waals surface area contributed by atoms with Crippen LogP contribution in [0.3, 0.4) is 0 Å². The molecule has 3 heterocycles. The molecule has 0 atom stereocenters.